The maximum atomic E-state index is 13.1. The number of imide groups is 1. The van der Waals surface area contributed by atoms with Crippen LogP contribution in [0.25, 0.3) is 0 Å². The van der Waals surface area contributed by atoms with Crippen molar-refractivity contribution in [2.75, 3.05) is 26.9 Å². The van der Waals surface area contributed by atoms with E-state index >= 15 is 0 Å². The van der Waals surface area contributed by atoms with Crippen molar-refractivity contribution in [3.63, 3.8) is 0 Å². The Morgan fingerprint density at radius 1 is 1.12 bits per heavy atom. The van der Waals surface area contributed by atoms with Gasteiger partial charge in [0.05, 0.1) is 7.11 Å². The second-order valence-electron chi connectivity index (χ2n) is 8.85. The number of rotatable bonds is 9. The maximum absolute atomic E-state index is 13.1. The summed E-state index contributed by atoms with van der Waals surface area (Å²) in [5.74, 6) is 0.329. The Kier molecular flexibility index (Phi) is 7.47. The van der Waals surface area contributed by atoms with Crippen LogP contribution in [-0.4, -0.2) is 55.7 Å². The molecule has 2 aliphatic heterocycles. The quantitative estimate of drug-likeness (QED) is 0.555. The molecule has 8 heteroatoms. The van der Waals surface area contributed by atoms with Gasteiger partial charge in [-0.15, -0.1) is 0 Å². The minimum atomic E-state index is -0.692. The fourth-order valence-corrected chi connectivity index (χ4v) is 4.63. The second-order valence-corrected chi connectivity index (χ2v) is 8.85. The largest absolute Gasteiger partial charge is 0.497 e. The van der Waals surface area contributed by atoms with Crippen molar-refractivity contribution < 1.29 is 23.9 Å². The van der Waals surface area contributed by atoms with Gasteiger partial charge in [-0.3, -0.25) is 14.5 Å². The summed E-state index contributed by atoms with van der Waals surface area (Å²) in [7, 11) is 1.62. The first-order valence-corrected chi connectivity index (χ1v) is 11.7. The number of carbonyl (C=O) groups excluding carboxylic acids is 3. The molecule has 0 aromatic heterocycles. The lowest BCUT2D eigenvalue weighted by atomic mass is 9.73. The molecule has 0 bridgehead atoms. The number of hydrogen-bond acceptors (Lipinski definition) is 5. The van der Waals surface area contributed by atoms with Crippen LogP contribution in [0.3, 0.4) is 0 Å². The average Bonchev–Trinajstić information content (AvgIpc) is 3.14. The summed E-state index contributed by atoms with van der Waals surface area (Å²) in [5, 5.41) is 5.63. The highest BCUT2D eigenvalue weighted by atomic mass is 16.5. The lowest BCUT2D eigenvalue weighted by molar-refractivity contribution is -0.129. The molecular weight excluding hydrogens is 434 g/mol. The zero-order chi connectivity index (χ0) is 24.0. The summed E-state index contributed by atoms with van der Waals surface area (Å²) >= 11 is 0. The Hall–Kier alpha value is -3.39. The molecule has 2 aromatic carbocycles. The molecule has 0 spiro atoms. The summed E-state index contributed by atoms with van der Waals surface area (Å²) in [4.78, 5) is 39.4. The van der Waals surface area contributed by atoms with E-state index in [-0.39, 0.29) is 36.6 Å². The van der Waals surface area contributed by atoms with Gasteiger partial charge in [0.2, 0.25) is 5.91 Å². The van der Waals surface area contributed by atoms with E-state index in [1.54, 1.807) is 7.11 Å². The molecule has 2 N–H and O–H groups in total. The highest BCUT2D eigenvalue weighted by Crippen LogP contribution is 2.37. The van der Waals surface area contributed by atoms with E-state index in [1.807, 2.05) is 54.6 Å². The van der Waals surface area contributed by atoms with Crippen molar-refractivity contribution in [2.45, 2.75) is 43.7 Å². The Balaban J connectivity index is 1.37. The predicted octanol–water partition coefficient (Wildman–Crippen LogP) is 2.76. The van der Waals surface area contributed by atoms with Crippen LogP contribution in [0.2, 0.25) is 0 Å². The summed E-state index contributed by atoms with van der Waals surface area (Å²) in [6.45, 7) is 1.86. The average molecular weight is 466 g/mol. The van der Waals surface area contributed by atoms with Crippen molar-refractivity contribution in [2.24, 2.45) is 0 Å². The predicted molar refractivity (Wildman–Crippen MR) is 126 cm³/mol. The fraction of sp³-hybridized carbons (Fsp3) is 0.423. The molecule has 4 rings (SSSR count). The Morgan fingerprint density at radius 3 is 2.50 bits per heavy atom. The molecule has 0 radical (unpaired) electrons. The van der Waals surface area contributed by atoms with Crippen LogP contribution in [0.4, 0.5) is 4.79 Å². The molecule has 2 saturated heterocycles. The minimum absolute atomic E-state index is 0.150. The number of ether oxygens (including phenoxy) is 2. The normalized spacial score (nSPS) is 19.6. The summed E-state index contributed by atoms with van der Waals surface area (Å²) in [6, 6.07) is 16.3. The second kappa shape index (κ2) is 10.7. The third kappa shape index (κ3) is 5.39. The molecule has 2 aromatic rings. The summed E-state index contributed by atoms with van der Waals surface area (Å²) < 4.78 is 10.9. The van der Waals surface area contributed by atoms with E-state index in [1.165, 1.54) is 4.90 Å². The SMILES string of the molecule is COc1ccc(C2(CN3C(=O)NC(CCC(=O)NCc4ccccc4)C3=O)CCOCC2)cc1. The first kappa shape index (κ1) is 23.8. The highest BCUT2D eigenvalue weighted by molar-refractivity contribution is 6.04. The molecule has 8 nitrogen and oxygen atoms in total. The zero-order valence-electron chi connectivity index (χ0n) is 19.4. The summed E-state index contributed by atoms with van der Waals surface area (Å²) in [6.07, 6.45) is 1.85. The Morgan fingerprint density at radius 2 is 1.82 bits per heavy atom. The van der Waals surface area contributed by atoms with Gasteiger partial charge in [0.25, 0.3) is 5.91 Å². The molecule has 180 valence electrons. The number of amides is 4. The number of benzene rings is 2. The first-order valence-electron chi connectivity index (χ1n) is 11.7. The molecule has 2 aliphatic rings. The van der Waals surface area contributed by atoms with Crippen LogP contribution in [0, 0.1) is 0 Å². The van der Waals surface area contributed by atoms with E-state index in [0.29, 0.717) is 32.6 Å². The molecular formula is C26H31N3O5. The third-order valence-corrected chi connectivity index (χ3v) is 6.71. The van der Waals surface area contributed by atoms with Gasteiger partial charge in [-0.25, -0.2) is 4.79 Å². The van der Waals surface area contributed by atoms with E-state index in [2.05, 4.69) is 10.6 Å². The smallest absolute Gasteiger partial charge is 0.324 e. The number of nitrogens with zero attached hydrogens (tertiary/aromatic N) is 1. The van der Waals surface area contributed by atoms with E-state index in [0.717, 1.165) is 16.9 Å². The molecule has 2 fully saturated rings. The van der Waals surface area contributed by atoms with Gasteiger partial charge in [-0.2, -0.15) is 0 Å². The van der Waals surface area contributed by atoms with Crippen molar-refractivity contribution in [3.05, 3.63) is 65.7 Å². The van der Waals surface area contributed by atoms with Gasteiger partial charge >= 0.3 is 6.03 Å². The van der Waals surface area contributed by atoms with Crippen LogP contribution in [0.15, 0.2) is 54.6 Å². The third-order valence-electron chi connectivity index (χ3n) is 6.71. The number of methoxy groups -OCH3 is 1. The van der Waals surface area contributed by atoms with Crippen molar-refractivity contribution in [1.82, 2.24) is 15.5 Å². The fourth-order valence-electron chi connectivity index (χ4n) is 4.63. The molecule has 1 unspecified atom stereocenters. The van der Waals surface area contributed by atoms with E-state index in [9.17, 15) is 14.4 Å². The standard InChI is InChI=1S/C26H31N3O5/c1-33-21-9-7-20(8-10-21)26(13-15-34-16-14-26)18-29-24(31)22(28-25(29)32)11-12-23(30)27-17-19-5-3-2-4-6-19/h2-10,22H,11-18H2,1H3,(H,27,30)(H,28,32). The molecule has 2 heterocycles. The molecule has 1 atom stereocenters. The van der Waals surface area contributed by atoms with Gasteiger partial charge in [0, 0.05) is 38.1 Å². The van der Waals surface area contributed by atoms with Gasteiger partial charge in [-0.1, -0.05) is 42.5 Å². The van der Waals surface area contributed by atoms with Gasteiger partial charge in [0.1, 0.15) is 11.8 Å². The molecule has 0 saturated carbocycles. The van der Waals surface area contributed by atoms with Crippen LogP contribution in [0.5, 0.6) is 5.75 Å². The topological polar surface area (TPSA) is 97.0 Å². The van der Waals surface area contributed by atoms with Crippen LogP contribution < -0.4 is 15.4 Å². The van der Waals surface area contributed by atoms with Crippen molar-refractivity contribution in [3.8, 4) is 5.75 Å². The van der Waals surface area contributed by atoms with Crippen LogP contribution in [0.1, 0.15) is 36.8 Å². The van der Waals surface area contributed by atoms with Crippen LogP contribution in [-0.2, 0) is 26.3 Å². The zero-order valence-corrected chi connectivity index (χ0v) is 19.4. The minimum Gasteiger partial charge on any atom is -0.497 e. The van der Waals surface area contributed by atoms with Crippen molar-refractivity contribution in [1.29, 1.82) is 0 Å². The highest BCUT2D eigenvalue weighted by Gasteiger charge is 2.44. The first-order chi connectivity index (χ1) is 16.5. The number of carbonyl (C=O) groups is 3. The van der Waals surface area contributed by atoms with E-state index < -0.39 is 12.1 Å². The molecule has 34 heavy (non-hydrogen) atoms. The van der Waals surface area contributed by atoms with Crippen LogP contribution >= 0.6 is 0 Å². The van der Waals surface area contributed by atoms with Gasteiger partial charge in [0.15, 0.2) is 0 Å². The Labute approximate surface area is 199 Å². The lowest BCUT2D eigenvalue weighted by Crippen LogP contribution is -2.47. The lowest BCUT2D eigenvalue weighted by Gasteiger charge is -2.39. The van der Waals surface area contributed by atoms with E-state index in [4.69, 9.17) is 9.47 Å². The van der Waals surface area contributed by atoms with Gasteiger partial charge in [-0.05, 0) is 42.5 Å². The number of urea groups is 1. The Bertz CT molecular complexity index is 1000. The summed E-state index contributed by atoms with van der Waals surface area (Å²) in [5.41, 5.74) is 1.69. The maximum Gasteiger partial charge on any atom is 0.324 e. The van der Waals surface area contributed by atoms with Crippen molar-refractivity contribution >= 4 is 17.8 Å². The number of nitrogens with one attached hydrogen (secondary N) is 2. The van der Waals surface area contributed by atoms with Gasteiger partial charge < -0.3 is 20.1 Å². The molecule has 4 amide bonds. The monoisotopic (exact) mass is 465 g/mol. The molecule has 0 aliphatic carbocycles. The number of hydrogen-bond donors (Lipinski definition) is 2.